The molecule has 3 rings (SSSR count). The van der Waals surface area contributed by atoms with Crippen molar-refractivity contribution in [2.45, 2.75) is 6.92 Å². The van der Waals surface area contributed by atoms with Crippen LogP contribution in [0.2, 0.25) is 0 Å². The van der Waals surface area contributed by atoms with Crippen LogP contribution in [0.4, 0.5) is 0 Å². The molecule has 5 nitrogen and oxygen atoms in total. The zero-order chi connectivity index (χ0) is 14.8. The van der Waals surface area contributed by atoms with Gasteiger partial charge in [0.25, 0.3) is 0 Å². The highest BCUT2D eigenvalue weighted by molar-refractivity contribution is 7.80. The molecule has 1 heterocycles. The minimum Gasteiger partial charge on any atom is -0.389 e. The summed E-state index contributed by atoms with van der Waals surface area (Å²) in [7, 11) is 0. The molecule has 1 aromatic heterocycles. The van der Waals surface area contributed by atoms with Crippen LogP contribution >= 0.6 is 12.2 Å². The van der Waals surface area contributed by atoms with Crippen LogP contribution in [-0.4, -0.2) is 25.2 Å². The molecule has 2 N–H and O–H groups in total. The quantitative estimate of drug-likeness (QED) is 0.751. The molecule has 0 aliphatic rings. The molecule has 0 bridgehead atoms. The molecule has 0 saturated heterocycles. The summed E-state index contributed by atoms with van der Waals surface area (Å²) in [6.07, 6.45) is 0. The minimum absolute atomic E-state index is 0.312. The molecular weight excluding hydrogens is 282 g/mol. The van der Waals surface area contributed by atoms with Gasteiger partial charge >= 0.3 is 0 Å². The summed E-state index contributed by atoms with van der Waals surface area (Å²) in [6.45, 7) is 1.96. The summed E-state index contributed by atoms with van der Waals surface area (Å²) in [5, 5.41) is 12.7. The van der Waals surface area contributed by atoms with E-state index in [-0.39, 0.29) is 0 Å². The molecule has 0 atom stereocenters. The predicted molar refractivity (Wildman–Crippen MR) is 85.2 cm³/mol. The van der Waals surface area contributed by atoms with Gasteiger partial charge in [-0.05, 0) is 23.8 Å². The Bertz CT molecular complexity index is 795. The summed E-state index contributed by atoms with van der Waals surface area (Å²) in [6, 6.07) is 15.4. The molecular formula is C15H13N5S. The molecule has 21 heavy (non-hydrogen) atoms. The van der Waals surface area contributed by atoms with E-state index >= 15 is 0 Å². The fourth-order valence-corrected chi connectivity index (χ4v) is 2.30. The zero-order valence-electron chi connectivity index (χ0n) is 11.4. The van der Waals surface area contributed by atoms with Gasteiger partial charge in [0.05, 0.1) is 0 Å². The number of aromatic nitrogens is 4. The van der Waals surface area contributed by atoms with Gasteiger partial charge in [0, 0.05) is 11.1 Å². The number of nitrogens with zero attached hydrogens (tertiary/aromatic N) is 4. The van der Waals surface area contributed by atoms with Gasteiger partial charge in [0.2, 0.25) is 5.82 Å². The third-order valence-corrected chi connectivity index (χ3v) is 3.37. The number of hydrogen-bond donors (Lipinski definition) is 1. The fraction of sp³-hybridized carbons (Fsp3) is 0.0667. The molecule has 104 valence electrons. The second-order valence-corrected chi connectivity index (χ2v) is 5.04. The monoisotopic (exact) mass is 295 g/mol. The summed E-state index contributed by atoms with van der Waals surface area (Å²) in [5.74, 6) is 0.563. The van der Waals surface area contributed by atoms with E-state index in [4.69, 9.17) is 18.0 Å². The molecule has 0 radical (unpaired) electrons. The normalized spacial score (nSPS) is 10.5. The fourth-order valence-electron chi connectivity index (χ4n) is 2.14. The molecule has 6 heteroatoms. The van der Waals surface area contributed by atoms with Crippen LogP contribution in [0.25, 0.3) is 17.1 Å². The third-order valence-electron chi connectivity index (χ3n) is 3.15. The Labute approximate surface area is 127 Å². The van der Waals surface area contributed by atoms with E-state index < -0.39 is 0 Å². The number of rotatable bonds is 3. The lowest BCUT2D eigenvalue weighted by atomic mass is 10.1. The number of benzene rings is 2. The van der Waals surface area contributed by atoms with E-state index in [1.54, 1.807) is 0 Å². The van der Waals surface area contributed by atoms with Gasteiger partial charge in [0.15, 0.2) is 0 Å². The van der Waals surface area contributed by atoms with E-state index in [0.717, 1.165) is 22.4 Å². The van der Waals surface area contributed by atoms with Crippen molar-refractivity contribution >= 4 is 17.2 Å². The van der Waals surface area contributed by atoms with E-state index in [9.17, 15) is 0 Å². The van der Waals surface area contributed by atoms with Crippen molar-refractivity contribution in [3.63, 3.8) is 0 Å². The highest BCUT2D eigenvalue weighted by Gasteiger charge is 2.14. The number of para-hydroxylation sites is 1. The second kappa shape index (κ2) is 5.41. The zero-order valence-corrected chi connectivity index (χ0v) is 12.2. The number of aryl methyl sites for hydroxylation is 1. The van der Waals surface area contributed by atoms with Crippen LogP contribution in [0.5, 0.6) is 0 Å². The number of tetrazole rings is 1. The van der Waals surface area contributed by atoms with Gasteiger partial charge in [-0.1, -0.05) is 54.7 Å². The minimum atomic E-state index is 0.312. The second-order valence-electron chi connectivity index (χ2n) is 4.60. The summed E-state index contributed by atoms with van der Waals surface area (Å²) in [4.78, 5) is 1.79. The Morgan fingerprint density at radius 2 is 1.86 bits per heavy atom. The van der Waals surface area contributed by atoms with Crippen LogP contribution in [0.1, 0.15) is 11.1 Å². The standard InChI is InChI=1S/C15H13N5S/c1-10-6-5-9-12(14(16)21)13(10)20-18-15(17-19-20)11-7-3-2-4-8-11/h2-9H,1H3,(H2,16,21). The molecule has 0 spiro atoms. The van der Waals surface area contributed by atoms with Crippen molar-refractivity contribution < 1.29 is 0 Å². The summed E-state index contributed by atoms with van der Waals surface area (Å²) in [5.41, 5.74) is 9.18. The van der Waals surface area contributed by atoms with Gasteiger partial charge in [0.1, 0.15) is 10.7 Å². The SMILES string of the molecule is Cc1cccc(C(N)=S)c1-n1nnc(-c2ccccc2)n1. The van der Waals surface area contributed by atoms with Crippen LogP contribution in [0.15, 0.2) is 48.5 Å². The third kappa shape index (κ3) is 2.53. The average molecular weight is 295 g/mol. The van der Waals surface area contributed by atoms with E-state index in [1.807, 2.05) is 55.5 Å². The van der Waals surface area contributed by atoms with Crippen molar-refractivity contribution in [2.75, 3.05) is 0 Å². The predicted octanol–water partition coefficient (Wildman–Crippen LogP) is 2.27. The highest BCUT2D eigenvalue weighted by atomic mass is 32.1. The largest absolute Gasteiger partial charge is 0.389 e. The molecule has 0 amide bonds. The lowest BCUT2D eigenvalue weighted by Crippen LogP contribution is -2.15. The van der Waals surface area contributed by atoms with Crippen LogP contribution in [0, 0.1) is 6.92 Å². The lowest BCUT2D eigenvalue weighted by Gasteiger charge is -2.09. The summed E-state index contributed by atoms with van der Waals surface area (Å²) >= 11 is 5.10. The van der Waals surface area contributed by atoms with Crippen LogP contribution < -0.4 is 5.73 Å². The molecule has 0 aliphatic heterocycles. The average Bonchev–Trinajstić information content (AvgIpc) is 2.97. The van der Waals surface area contributed by atoms with Crippen molar-refractivity contribution in [2.24, 2.45) is 5.73 Å². The van der Waals surface area contributed by atoms with Gasteiger partial charge in [-0.15, -0.1) is 15.0 Å². The molecule has 0 aliphatic carbocycles. The summed E-state index contributed by atoms with van der Waals surface area (Å²) < 4.78 is 0. The van der Waals surface area contributed by atoms with Crippen molar-refractivity contribution in [3.05, 3.63) is 59.7 Å². The Hall–Kier alpha value is -2.60. The smallest absolute Gasteiger partial charge is 0.205 e. The van der Waals surface area contributed by atoms with Crippen molar-refractivity contribution in [3.8, 4) is 17.1 Å². The van der Waals surface area contributed by atoms with Crippen molar-refractivity contribution in [1.82, 2.24) is 20.2 Å². The van der Waals surface area contributed by atoms with E-state index in [0.29, 0.717) is 10.8 Å². The van der Waals surface area contributed by atoms with Gasteiger partial charge in [-0.25, -0.2) is 0 Å². The first-order valence-electron chi connectivity index (χ1n) is 6.42. The maximum Gasteiger partial charge on any atom is 0.205 e. The van der Waals surface area contributed by atoms with E-state index in [1.165, 1.54) is 4.80 Å². The molecule has 0 unspecified atom stereocenters. The highest BCUT2D eigenvalue weighted by Crippen LogP contribution is 2.19. The maximum absolute atomic E-state index is 5.78. The lowest BCUT2D eigenvalue weighted by molar-refractivity contribution is 0.715. The Balaban J connectivity index is 2.11. The first-order valence-corrected chi connectivity index (χ1v) is 6.83. The Morgan fingerprint density at radius 1 is 1.10 bits per heavy atom. The van der Waals surface area contributed by atoms with Gasteiger partial charge in [-0.3, -0.25) is 0 Å². The van der Waals surface area contributed by atoms with Gasteiger partial charge < -0.3 is 5.73 Å². The molecule has 0 fully saturated rings. The van der Waals surface area contributed by atoms with Crippen molar-refractivity contribution in [1.29, 1.82) is 0 Å². The van der Waals surface area contributed by atoms with Gasteiger partial charge in [-0.2, -0.15) is 0 Å². The number of thiocarbonyl (C=S) groups is 1. The Morgan fingerprint density at radius 3 is 2.57 bits per heavy atom. The molecule has 2 aromatic carbocycles. The molecule has 0 saturated carbocycles. The topological polar surface area (TPSA) is 69.6 Å². The maximum atomic E-state index is 5.78. The van der Waals surface area contributed by atoms with E-state index in [2.05, 4.69) is 15.4 Å². The Kier molecular flexibility index (Phi) is 3.45. The number of nitrogens with two attached hydrogens (primary N) is 1. The molecule has 3 aromatic rings. The first-order chi connectivity index (χ1) is 10.2. The van der Waals surface area contributed by atoms with Crippen LogP contribution in [-0.2, 0) is 0 Å². The van der Waals surface area contributed by atoms with Crippen LogP contribution in [0.3, 0.4) is 0 Å². The first kappa shape index (κ1) is 13.4. The number of hydrogen-bond acceptors (Lipinski definition) is 4.